The SMILES string of the molecule is CN(C)c1cccc(C(=O)Nc2ccc(Nc3cccc4nc(C(F)(F)F)cn34)cc2)c1. The van der Waals surface area contributed by atoms with Crippen LogP contribution in [0.25, 0.3) is 5.65 Å². The highest BCUT2D eigenvalue weighted by atomic mass is 19.4. The first-order valence-corrected chi connectivity index (χ1v) is 9.72. The van der Waals surface area contributed by atoms with E-state index in [1.54, 1.807) is 48.5 Å². The van der Waals surface area contributed by atoms with Gasteiger partial charge in [0.2, 0.25) is 0 Å². The minimum atomic E-state index is -4.52. The van der Waals surface area contributed by atoms with Crippen LogP contribution in [0.1, 0.15) is 16.1 Å². The molecule has 2 N–H and O–H groups in total. The second kappa shape index (κ2) is 8.26. The lowest BCUT2D eigenvalue weighted by Gasteiger charge is -2.14. The van der Waals surface area contributed by atoms with Gasteiger partial charge in [-0.25, -0.2) is 4.98 Å². The third kappa shape index (κ3) is 4.51. The lowest BCUT2D eigenvalue weighted by Crippen LogP contribution is -2.14. The van der Waals surface area contributed by atoms with Gasteiger partial charge in [-0.3, -0.25) is 9.20 Å². The van der Waals surface area contributed by atoms with Crippen molar-refractivity contribution in [1.29, 1.82) is 0 Å². The van der Waals surface area contributed by atoms with Crippen LogP contribution in [0.3, 0.4) is 0 Å². The van der Waals surface area contributed by atoms with Crippen molar-refractivity contribution in [2.75, 3.05) is 29.6 Å². The van der Waals surface area contributed by atoms with E-state index in [0.29, 0.717) is 22.8 Å². The van der Waals surface area contributed by atoms with Crippen LogP contribution in [-0.2, 0) is 6.18 Å². The Morgan fingerprint density at radius 2 is 1.66 bits per heavy atom. The summed E-state index contributed by atoms with van der Waals surface area (Å²) in [6, 6.07) is 18.9. The maximum Gasteiger partial charge on any atom is 0.434 e. The third-order valence-corrected chi connectivity index (χ3v) is 4.82. The highest BCUT2D eigenvalue weighted by Gasteiger charge is 2.34. The van der Waals surface area contributed by atoms with Crippen molar-refractivity contribution >= 4 is 34.4 Å². The number of anilines is 4. The molecular formula is C23H20F3N5O. The van der Waals surface area contributed by atoms with E-state index in [1.165, 1.54) is 10.5 Å². The number of hydrogen-bond donors (Lipinski definition) is 2. The van der Waals surface area contributed by atoms with E-state index in [2.05, 4.69) is 15.6 Å². The number of imidazole rings is 1. The topological polar surface area (TPSA) is 61.7 Å². The van der Waals surface area contributed by atoms with Crippen molar-refractivity contribution in [1.82, 2.24) is 9.38 Å². The first-order valence-electron chi connectivity index (χ1n) is 9.72. The van der Waals surface area contributed by atoms with E-state index >= 15 is 0 Å². The molecule has 4 rings (SSSR count). The van der Waals surface area contributed by atoms with Gasteiger partial charge in [-0.15, -0.1) is 0 Å². The Morgan fingerprint density at radius 3 is 2.34 bits per heavy atom. The molecule has 0 unspecified atom stereocenters. The summed E-state index contributed by atoms with van der Waals surface area (Å²) in [5, 5.41) is 5.92. The van der Waals surface area contributed by atoms with Crippen molar-refractivity contribution in [3.8, 4) is 0 Å². The molecule has 0 spiro atoms. The molecule has 6 nitrogen and oxygen atoms in total. The Labute approximate surface area is 182 Å². The number of hydrogen-bond acceptors (Lipinski definition) is 4. The van der Waals surface area contributed by atoms with Crippen molar-refractivity contribution < 1.29 is 18.0 Å². The van der Waals surface area contributed by atoms with Crippen LogP contribution in [0.4, 0.5) is 36.1 Å². The summed E-state index contributed by atoms with van der Waals surface area (Å²) in [6.07, 6.45) is -3.57. The average Bonchev–Trinajstić information content (AvgIpc) is 3.21. The highest BCUT2D eigenvalue weighted by Crippen LogP contribution is 2.30. The second-order valence-electron chi connectivity index (χ2n) is 7.36. The maximum absolute atomic E-state index is 13.0. The van der Waals surface area contributed by atoms with E-state index in [-0.39, 0.29) is 11.6 Å². The van der Waals surface area contributed by atoms with E-state index in [1.807, 2.05) is 31.1 Å². The quantitative estimate of drug-likeness (QED) is 0.436. The lowest BCUT2D eigenvalue weighted by atomic mass is 10.1. The smallest absolute Gasteiger partial charge is 0.378 e. The zero-order valence-electron chi connectivity index (χ0n) is 17.3. The van der Waals surface area contributed by atoms with Crippen LogP contribution >= 0.6 is 0 Å². The minimum Gasteiger partial charge on any atom is -0.378 e. The summed E-state index contributed by atoms with van der Waals surface area (Å²) < 4.78 is 40.3. The fourth-order valence-corrected chi connectivity index (χ4v) is 3.16. The fourth-order valence-electron chi connectivity index (χ4n) is 3.16. The van der Waals surface area contributed by atoms with Gasteiger partial charge in [0.25, 0.3) is 5.91 Å². The van der Waals surface area contributed by atoms with Crippen molar-refractivity contribution in [2.24, 2.45) is 0 Å². The molecule has 0 aliphatic rings. The molecule has 1 amide bonds. The molecule has 9 heteroatoms. The molecule has 4 aromatic rings. The summed E-state index contributed by atoms with van der Waals surface area (Å²) in [4.78, 5) is 18.1. The molecule has 0 saturated carbocycles. The first-order chi connectivity index (χ1) is 15.2. The Hall–Kier alpha value is -4.01. The van der Waals surface area contributed by atoms with Gasteiger partial charge in [0, 0.05) is 42.9 Å². The molecule has 0 aliphatic carbocycles. The predicted octanol–water partition coefficient (Wildman–Crippen LogP) is 5.42. The van der Waals surface area contributed by atoms with E-state index in [9.17, 15) is 18.0 Å². The molecule has 32 heavy (non-hydrogen) atoms. The van der Waals surface area contributed by atoms with E-state index in [4.69, 9.17) is 0 Å². The minimum absolute atomic E-state index is 0.186. The summed E-state index contributed by atoms with van der Waals surface area (Å²) >= 11 is 0. The van der Waals surface area contributed by atoms with Gasteiger partial charge in [0.1, 0.15) is 11.5 Å². The van der Waals surface area contributed by atoms with Gasteiger partial charge in [0.05, 0.1) is 0 Å². The molecule has 164 valence electrons. The zero-order chi connectivity index (χ0) is 22.9. The predicted molar refractivity (Wildman–Crippen MR) is 119 cm³/mol. The largest absolute Gasteiger partial charge is 0.434 e. The van der Waals surface area contributed by atoms with Crippen LogP contribution in [0.5, 0.6) is 0 Å². The van der Waals surface area contributed by atoms with Crippen molar-refractivity contribution in [3.63, 3.8) is 0 Å². The van der Waals surface area contributed by atoms with Gasteiger partial charge >= 0.3 is 6.18 Å². The number of nitrogens with one attached hydrogen (secondary N) is 2. The molecule has 0 radical (unpaired) electrons. The third-order valence-electron chi connectivity index (χ3n) is 4.82. The van der Waals surface area contributed by atoms with Crippen molar-refractivity contribution in [3.05, 3.63) is 84.2 Å². The Kier molecular flexibility index (Phi) is 5.48. The van der Waals surface area contributed by atoms with Gasteiger partial charge < -0.3 is 15.5 Å². The van der Waals surface area contributed by atoms with Crippen LogP contribution < -0.4 is 15.5 Å². The van der Waals surface area contributed by atoms with Gasteiger partial charge in [-0.05, 0) is 54.6 Å². The molecule has 2 heterocycles. The molecule has 0 atom stereocenters. The fraction of sp³-hybridized carbons (Fsp3) is 0.130. The number of pyridine rings is 1. The lowest BCUT2D eigenvalue weighted by molar-refractivity contribution is -0.140. The standard InChI is InChI=1S/C23H20F3N5O/c1-30(2)18-6-3-5-15(13-18)22(32)28-17-11-9-16(10-12-17)27-20-7-4-8-21-29-19(14-31(20)21)23(24,25)26/h3-14,27H,1-2H3,(H,28,32). The molecule has 0 bridgehead atoms. The Bertz CT molecular complexity index is 1260. The summed E-state index contributed by atoms with van der Waals surface area (Å²) in [7, 11) is 3.80. The number of nitrogens with zero attached hydrogens (tertiary/aromatic N) is 3. The highest BCUT2D eigenvalue weighted by molar-refractivity contribution is 6.04. The molecule has 0 aliphatic heterocycles. The number of alkyl halides is 3. The summed E-state index contributed by atoms with van der Waals surface area (Å²) in [5.41, 5.74) is 1.92. The number of rotatable bonds is 5. The maximum atomic E-state index is 13.0. The molecule has 2 aromatic heterocycles. The van der Waals surface area contributed by atoms with Gasteiger partial charge in [-0.1, -0.05) is 12.1 Å². The van der Waals surface area contributed by atoms with E-state index in [0.717, 1.165) is 11.9 Å². The number of amides is 1. The number of fused-ring (bicyclic) bond motifs is 1. The summed E-state index contributed by atoms with van der Waals surface area (Å²) in [5.74, 6) is 0.194. The Balaban J connectivity index is 1.49. The van der Waals surface area contributed by atoms with Crippen LogP contribution in [-0.4, -0.2) is 29.4 Å². The van der Waals surface area contributed by atoms with Crippen LogP contribution in [0.15, 0.2) is 72.9 Å². The van der Waals surface area contributed by atoms with Crippen LogP contribution in [0, 0.1) is 0 Å². The number of aromatic nitrogens is 2. The van der Waals surface area contributed by atoms with E-state index < -0.39 is 11.9 Å². The summed E-state index contributed by atoms with van der Waals surface area (Å²) in [6.45, 7) is 0. The molecule has 0 fully saturated rings. The number of carbonyl (C=O) groups excluding carboxylic acids is 1. The molecule has 0 saturated heterocycles. The normalized spacial score (nSPS) is 11.4. The van der Waals surface area contributed by atoms with Crippen molar-refractivity contribution in [2.45, 2.75) is 6.18 Å². The number of halogens is 3. The number of benzene rings is 2. The Morgan fingerprint density at radius 1 is 0.969 bits per heavy atom. The van der Waals surface area contributed by atoms with Gasteiger partial charge in [-0.2, -0.15) is 13.2 Å². The zero-order valence-corrected chi connectivity index (χ0v) is 17.3. The molecular weight excluding hydrogens is 419 g/mol. The first kappa shape index (κ1) is 21.2. The monoisotopic (exact) mass is 439 g/mol. The van der Waals surface area contributed by atoms with Gasteiger partial charge in [0.15, 0.2) is 5.69 Å². The second-order valence-corrected chi connectivity index (χ2v) is 7.36. The van der Waals surface area contributed by atoms with Crippen LogP contribution in [0.2, 0.25) is 0 Å². The average molecular weight is 439 g/mol. The molecule has 2 aromatic carbocycles. The number of carbonyl (C=O) groups is 1.